The van der Waals surface area contributed by atoms with Crippen LogP contribution < -0.4 is 10.6 Å². The molecule has 1 fully saturated rings. The van der Waals surface area contributed by atoms with E-state index in [1.807, 2.05) is 18.2 Å². The van der Waals surface area contributed by atoms with Gasteiger partial charge in [-0.15, -0.1) is 0 Å². The van der Waals surface area contributed by atoms with Crippen LogP contribution in [0.25, 0.3) is 22.0 Å². The van der Waals surface area contributed by atoms with E-state index in [-0.39, 0.29) is 12.1 Å². The van der Waals surface area contributed by atoms with Crippen LogP contribution in [0, 0.1) is 0 Å². The maximum absolute atomic E-state index is 10.7. The summed E-state index contributed by atoms with van der Waals surface area (Å²) in [5, 5.41) is 17.2. The molecule has 1 aliphatic rings. The van der Waals surface area contributed by atoms with Crippen molar-refractivity contribution in [3.8, 4) is 11.3 Å². The lowest BCUT2D eigenvalue weighted by Gasteiger charge is -2.28. The number of amides is 1. The molecule has 0 bridgehead atoms. The first-order valence-corrected chi connectivity index (χ1v) is 9.25. The average molecular weight is 362 g/mol. The maximum atomic E-state index is 10.7. The van der Waals surface area contributed by atoms with Crippen LogP contribution in [0.5, 0.6) is 0 Å². The molecule has 27 heavy (non-hydrogen) atoms. The van der Waals surface area contributed by atoms with Crippen molar-refractivity contribution in [2.24, 2.45) is 0 Å². The first kappa shape index (κ1) is 17.3. The summed E-state index contributed by atoms with van der Waals surface area (Å²) in [6.45, 7) is 0. The molecule has 138 valence electrons. The zero-order valence-electron chi connectivity index (χ0n) is 14.9. The standard InChI is InChI=1S/C21H22N4O2/c26-21(27)24-18-9-7-17(8-10-18)23-20-22-12-11-19(25-20)16-6-5-14-3-1-2-4-15(14)13-16/h1-6,11-13,17-18,24H,7-10H2,(H,26,27)(H,22,23,25). The Kier molecular flexibility index (Phi) is 4.87. The molecule has 0 spiro atoms. The summed E-state index contributed by atoms with van der Waals surface area (Å²) >= 11 is 0. The van der Waals surface area contributed by atoms with Crippen molar-refractivity contribution in [3.63, 3.8) is 0 Å². The van der Waals surface area contributed by atoms with Crippen molar-refractivity contribution in [1.29, 1.82) is 0 Å². The zero-order valence-corrected chi connectivity index (χ0v) is 14.9. The first-order valence-electron chi connectivity index (χ1n) is 9.25. The van der Waals surface area contributed by atoms with Crippen LogP contribution in [0.15, 0.2) is 54.7 Å². The number of hydrogen-bond acceptors (Lipinski definition) is 4. The molecule has 0 atom stereocenters. The molecule has 3 N–H and O–H groups in total. The molecule has 0 radical (unpaired) electrons. The van der Waals surface area contributed by atoms with Gasteiger partial charge in [0.15, 0.2) is 0 Å². The monoisotopic (exact) mass is 362 g/mol. The summed E-state index contributed by atoms with van der Waals surface area (Å²) in [5.41, 5.74) is 1.95. The summed E-state index contributed by atoms with van der Waals surface area (Å²) < 4.78 is 0. The van der Waals surface area contributed by atoms with Crippen LogP contribution in [0.1, 0.15) is 25.7 Å². The second-order valence-corrected chi connectivity index (χ2v) is 6.97. The number of benzene rings is 2. The van der Waals surface area contributed by atoms with Gasteiger partial charge in [-0.25, -0.2) is 14.8 Å². The lowest BCUT2D eigenvalue weighted by atomic mass is 9.91. The highest BCUT2D eigenvalue weighted by Crippen LogP contribution is 2.25. The Hall–Kier alpha value is -3.15. The Balaban J connectivity index is 1.45. The number of carboxylic acid groups (broad SMARTS) is 1. The van der Waals surface area contributed by atoms with E-state index in [4.69, 9.17) is 5.11 Å². The molecule has 1 heterocycles. The van der Waals surface area contributed by atoms with Gasteiger partial charge in [0.2, 0.25) is 5.95 Å². The summed E-state index contributed by atoms with van der Waals surface area (Å²) in [6.07, 6.45) is 4.28. The van der Waals surface area contributed by atoms with Gasteiger partial charge >= 0.3 is 6.09 Å². The molecule has 2 aromatic carbocycles. The van der Waals surface area contributed by atoms with E-state index < -0.39 is 6.09 Å². The van der Waals surface area contributed by atoms with Crippen molar-refractivity contribution in [1.82, 2.24) is 15.3 Å². The molecule has 3 aromatic rings. The Morgan fingerprint density at radius 1 is 0.963 bits per heavy atom. The maximum Gasteiger partial charge on any atom is 0.404 e. The van der Waals surface area contributed by atoms with Crippen molar-refractivity contribution in [2.45, 2.75) is 37.8 Å². The van der Waals surface area contributed by atoms with Gasteiger partial charge in [-0.2, -0.15) is 0 Å². The van der Waals surface area contributed by atoms with Crippen LogP contribution in [-0.2, 0) is 0 Å². The summed E-state index contributed by atoms with van der Waals surface area (Å²) in [6, 6.07) is 16.8. The number of fused-ring (bicyclic) bond motifs is 1. The fraction of sp³-hybridized carbons (Fsp3) is 0.286. The van der Waals surface area contributed by atoms with Gasteiger partial charge in [-0.3, -0.25) is 0 Å². The van der Waals surface area contributed by atoms with Gasteiger partial charge in [-0.05, 0) is 48.6 Å². The topological polar surface area (TPSA) is 87.1 Å². The molecule has 0 aliphatic heterocycles. The SMILES string of the molecule is O=C(O)NC1CCC(Nc2nccc(-c3ccc4ccccc4c3)n2)CC1. The molecule has 6 heteroatoms. The molecule has 6 nitrogen and oxygen atoms in total. The highest BCUT2D eigenvalue weighted by molar-refractivity contribution is 5.86. The van der Waals surface area contributed by atoms with Crippen molar-refractivity contribution < 1.29 is 9.90 Å². The molecular formula is C21H22N4O2. The summed E-state index contributed by atoms with van der Waals surface area (Å²) in [7, 11) is 0. The fourth-order valence-electron chi connectivity index (χ4n) is 3.68. The van der Waals surface area contributed by atoms with Gasteiger partial charge < -0.3 is 15.7 Å². The van der Waals surface area contributed by atoms with Crippen LogP contribution in [0.4, 0.5) is 10.7 Å². The van der Waals surface area contributed by atoms with Crippen LogP contribution in [0.3, 0.4) is 0 Å². The molecule has 1 amide bonds. The number of rotatable bonds is 4. The predicted molar refractivity (Wildman–Crippen MR) is 106 cm³/mol. The van der Waals surface area contributed by atoms with E-state index in [1.54, 1.807) is 6.20 Å². The number of hydrogen-bond donors (Lipinski definition) is 3. The van der Waals surface area contributed by atoms with E-state index in [0.717, 1.165) is 36.9 Å². The van der Waals surface area contributed by atoms with E-state index in [9.17, 15) is 4.79 Å². The zero-order chi connectivity index (χ0) is 18.6. The van der Waals surface area contributed by atoms with E-state index in [2.05, 4.69) is 50.9 Å². The third kappa shape index (κ3) is 4.16. The first-order chi connectivity index (χ1) is 13.2. The second-order valence-electron chi connectivity index (χ2n) is 6.97. The lowest BCUT2D eigenvalue weighted by molar-refractivity contribution is 0.185. The number of nitrogens with one attached hydrogen (secondary N) is 2. The van der Waals surface area contributed by atoms with E-state index in [1.165, 1.54) is 10.8 Å². The molecule has 0 unspecified atom stereocenters. The number of anilines is 1. The summed E-state index contributed by atoms with van der Waals surface area (Å²) in [5.74, 6) is 0.621. The largest absolute Gasteiger partial charge is 0.465 e. The lowest BCUT2D eigenvalue weighted by Crippen LogP contribution is -2.39. The predicted octanol–water partition coefficient (Wildman–Crippen LogP) is 4.29. The number of aromatic nitrogens is 2. The van der Waals surface area contributed by atoms with Crippen LogP contribution >= 0.6 is 0 Å². The van der Waals surface area contributed by atoms with Gasteiger partial charge in [0.1, 0.15) is 0 Å². The fourth-order valence-corrected chi connectivity index (χ4v) is 3.68. The normalized spacial score (nSPS) is 19.6. The number of nitrogens with zero attached hydrogens (tertiary/aromatic N) is 2. The third-order valence-electron chi connectivity index (χ3n) is 5.09. The minimum absolute atomic E-state index is 0.0467. The van der Waals surface area contributed by atoms with Crippen molar-refractivity contribution >= 4 is 22.8 Å². The average Bonchev–Trinajstić information content (AvgIpc) is 2.69. The van der Waals surface area contributed by atoms with Gasteiger partial charge in [0, 0.05) is 23.8 Å². The highest BCUT2D eigenvalue weighted by atomic mass is 16.4. The molecular weight excluding hydrogens is 340 g/mol. The van der Waals surface area contributed by atoms with Gasteiger partial charge in [0.05, 0.1) is 5.69 Å². The molecule has 1 aliphatic carbocycles. The van der Waals surface area contributed by atoms with Gasteiger partial charge in [-0.1, -0.05) is 36.4 Å². The molecule has 4 rings (SSSR count). The van der Waals surface area contributed by atoms with Crippen molar-refractivity contribution in [2.75, 3.05) is 5.32 Å². The minimum Gasteiger partial charge on any atom is -0.465 e. The smallest absolute Gasteiger partial charge is 0.404 e. The Bertz CT molecular complexity index is 952. The van der Waals surface area contributed by atoms with Crippen molar-refractivity contribution in [3.05, 3.63) is 54.7 Å². The Labute approximate surface area is 157 Å². The molecule has 1 saturated carbocycles. The number of carbonyl (C=O) groups is 1. The molecule has 0 saturated heterocycles. The minimum atomic E-state index is -0.946. The van der Waals surface area contributed by atoms with Crippen LogP contribution in [-0.4, -0.2) is 33.3 Å². The highest BCUT2D eigenvalue weighted by Gasteiger charge is 2.22. The van der Waals surface area contributed by atoms with Crippen LogP contribution in [0.2, 0.25) is 0 Å². The third-order valence-corrected chi connectivity index (χ3v) is 5.09. The quantitative estimate of drug-likeness (QED) is 0.644. The molecule has 1 aromatic heterocycles. The Morgan fingerprint density at radius 3 is 2.48 bits per heavy atom. The van der Waals surface area contributed by atoms with E-state index >= 15 is 0 Å². The Morgan fingerprint density at radius 2 is 1.70 bits per heavy atom. The summed E-state index contributed by atoms with van der Waals surface area (Å²) in [4.78, 5) is 19.8. The van der Waals surface area contributed by atoms with Gasteiger partial charge in [0.25, 0.3) is 0 Å². The van der Waals surface area contributed by atoms with E-state index in [0.29, 0.717) is 5.95 Å². The second kappa shape index (κ2) is 7.61.